The molecule has 0 aliphatic carbocycles. The Morgan fingerprint density at radius 2 is 2.16 bits per heavy atom. The van der Waals surface area contributed by atoms with Gasteiger partial charge in [-0.05, 0) is 18.2 Å². The van der Waals surface area contributed by atoms with Gasteiger partial charge in [-0.2, -0.15) is 13.2 Å². The number of nitrogens with two attached hydrogens (primary N) is 1. The molecule has 2 aromatic rings. The van der Waals surface area contributed by atoms with Crippen LogP contribution in [-0.4, -0.2) is 21.6 Å². The van der Waals surface area contributed by atoms with Crippen molar-refractivity contribution in [2.45, 2.75) is 17.8 Å². The van der Waals surface area contributed by atoms with E-state index in [-0.39, 0.29) is 5.84 Å². The average Bonchev–Trinajstić information content (AvgIpc) is 2.68. The molecule has 0 fully saturated rings. The van der Waals surface area contributed by atoms with Crippen LogP contribution in [0.5, 0.6) is 0 Å². The summed E-state index contributed by atoms with van der Waals surface area (Å²) in [5, 5.41) is 7.60. The summed E-state index contributed by atoms with van der Waals surface area (Å²) < 4.78 is 37.6. The van der Waals surface area contributed by atoms with Gasteiger partial charge in [-0.15, -0.1) is 0 Å². The number of imidazole rings is 1. The van der Waals surface area contributed by atoms with E-state index in [1.165, 1.54) is 17.8 Å². The van der Waals surface area contributed by atoms with Gasteiger partial charge in [-0.1, -0.05) is 11.8 Å². The lowest BCUT2D eigenvalue weighted by atomic mass is 10.2. The highest BCUT2D eigenvalue weighted by atomic mass is 32.2. The van der Waals surface area contributed by atoms with Crippen molar-refractivity contribution in [1.29, 1.82) is 5.41 Å². The summed E-state index contributed by atoms with van der Waals surface area (Å²) in [6.45, 7) is 0. The van der Waals surface area contributed by atoms with Crippen molar-refractivity contribution in [3.05, 3.63) is 23.8 Å². The minimum Gasteiger partial charge on any atom is -0.388 e. The molecule has 4 nitrogen and oxygen atoms in total. The molecule has 0 atom stereocenters. The fraction of sp³-hybridized carbons (Fsp3) is 0.273. The van der Waals surface area contributed by atoms with Crippen molar-refractivity contribution in [1.82, 2.24) is 9.97 Å². The van der Waals surface area contributed by atoms with Gasteiger partial charge in [0.15, 0.2) is 5.16 Å². The highest BCUT2D eigenvalue weighted by molar-refractivity contribution is 7.99. The molecule has 0 spiro atoms. The molecule has 0 unspecified atom stereocenters. The summed E-state index contributed by atoms with van der Waals surface area (Å²) in [6.07, 6.45) is -3.95. The lowest BCUT2D eigenvalue weighted by molar-refractivity contribution is -0.137. The monoisotopic (exact) mass is 288 g/mol. The molecule has 1 heterocycles. The first-order valence-electron chi connectivity index (χ1n) is 5.39. The van der Waals surface area contributed by atoms with Crippen LogP contribution in [0.4, 0.5) is 13.2 Å². The standard InChI is InChI=1S/C11H11F3N4S/c12-11(13,14)6-1-2-7-8(5-6)18-10(17-7)19-4-3-9(15)16/h1-2,5H,3-4H2,(H3,15,16)(H,17,18). The van der Waals surface area contributed by atoms with E-state index in [1.807, 2.05) is 0 Å². The van der Waals surface area contributed by atoms with E-state index < -0.39 is 11.7 Å². The van der Waals surface area contributed by atoms with Crippen molar-refractivity contribution in [3.8, 4) is 0 Å². The lowest BCUT2D eigenvalue weighted by Crippen LogP contribution is -2.09. The third-order valence-corrected chi connectivity index (χ3v) is 3.27. The molecular formula is C11H11F3N4S. The Balaban J connectivity index is 2.18. The Kier molecular flexibility index (Phi) is 3.70. The molecule has 2 rings (SSSR count). The predicted molar refractivity (Wildman–Crippen MR) is 68.4 cm³/mol. The smallest absolute Gasteiger partial charge is 0.388 e. The summed E-state index contributed by atoms with van der Waals surface area (Å²) in [4.78, 5) is 6.98. The van der Waals surface area contributed by atoms with E-state index in [4.69, 9.17) is 11.1 Å². The molecule has 4 N–H and O–H groups in total. The molecule has 0 amide bonds. The van der Waals surface area contributed by atoms with Crippen LogP contribution in [0.1, 0.15) is 12.0 Å². The van der Waals surface area contributed by atoms with Gasteiger partial charge in [-0.25, -0.2) is 4.98 Å². The Morgan fingerprint density at radius 3 is 2.79 bits per heavy atom. The highest BCUT2D eigenvalue weighted by Gasteiger charge is 2.30. The predicted octanol–water partition coefficient (Wildman–Crippen LogP) is 3.00. The van der Waals surface area contributed by atoms with Crippen molar-refractivity contribution >= 4 is 28.6 Å². The number of aromatic nitrogens is 2. The molecule has 19 heavy (non-hydrogen) atoms. The number of rotatable bonds is 4. The third-order valence-electron chi connectivity index (χ3n) is 2.40. The Hall–Kier alpha value is -1.70. The number of amidine groups is 1. The van der Waals surface area contributed by atoms with Crippen LogP contribution in [0.3, 0.4) is 0 Å². The maximum atomic E-state index is 12.5. The second kappa shape index (κ2) is 5.12. The number of aromatic amines is 1. The minimum absolute atomic E-state index is 0.0722. The second-order valence-corrected chi connectivity index (χ2v) is 4.98. The van der Waals surface area contributed by atoms with Gasteiger partial charge < -0.3 is 10.7 Å². The normalized spacial score (nSPS) is 11.9. The van der Waals surface area contributed by atoms with Crippen LogP contribution in [0.2, 0.25) is 0 Å². The van der Waals surface area contributed by atoms with E-state index in [2.05, 4.69) is 9.97 Å². The number of halogens is 3. The molecule has 1 aromatic carbocycles. The third kappa shape index (κ3) is 3.40. The number of benzene rings is 1. The zero-order chi connectivity index (χ0) is 14.0. The van der Waals surface area contributed by atoms with Crippen molar-refractivity contribution in [2.75, 3.05) is 5.75 Å². The van der Waals surface area contributed by atoms with Gasteiger partial charge in [0.25, 0.3) is 0 Å². The van der Waals surface area contributed by atoms with Gasteiger partial charge in [-0.3, -0.25) is 5.41 Å². The first-order valence-corrected chi connectivity index (χ1v) is 6.37. The maximum absolute atomic E-state index is 12.5. The van der Waals surface area contributed by atoms with Crippen molar-refractivity contribution in [2.24, 2.45) is 5.73 Å². The summed E-state index contributed by atoms with van der Waals surface area (Å²) in [5.41, 5.74) is 5.34. The number of H-pyrrole nitrogens is 1. The molecule has 0 radical (unpaired) electrons. The number of hydrogen-bond donors (Lipinski definition) is 3. The Labute approximate surface area is 111 Å². The lowest BCUT2D eigenvalue weighted by Gasteiger charge is -2.05. The van der Waals surface area contributed by atoms with Crippen LogP contribution in [0.15, 0.2) is 23.4 Å². The fourth-order valence-corrected chi connectivity index (χ4v) is 2.35. The highest BCUT2D eigenvalue weighted by Crippen LogP contribution is 2.31. The van der Waals surface area contributed by atoms with Crippen molar-refractivity contribution < 1.29 is 13.2 Å². The van der Waals surface area contributed by atoms with Crippen LogP contribution in [0.25, 0.3) is 11.0 Å². The largest absolute Gasteiger partial charge is 0.416 e. The first kappa shape index (κ1) is 13.7. The SMILES string of the molecule is N=C(N)CCSc1nc2ccc(C(F)(F)F)cc2[nH]1. The van der Waals surface area contributed by atoms with Crippen LogP contribution in [-0.2, 0) is 6.18 Å². The van der Waals surface area contributed by atoms with E-state index in [0.29, 0.717) is 28.4 Å². The van der Waals surface area contributed by atoms with Gasteiger partial charge in [0.2, 0.25) is 0 Å². The average molecular weight is 288 g/mol. The zero-order valence-corrected chi connectivity index (χ0v) is 10.5. The molecule has 1 aromatic heterocycles. The molecule has 0 bridgehead atoms. The molecule has 0 saturated heterocycles. The van der Waals surface area contributed by atoms with Gasteiger partial charge >= 0.3 is 6.18 Å². The van der Waals surface area contributed by atoms with Gasteiger partial charge in [0.1, 0.15) is 0 Å². The van der Waals surface area contributed by atoms with E-state index in [0.717, 1.165) is 12.1 Å². The summed E-state index contributed by atoms with van der Waals surface area (Å²) in [5.74, 6) is 0.629. The molecule has 0 saturated carbocycles. The number of thioether (sulfide) groups is 1. The first-order chi connectivity index (χ1) is 8.86. The number of alkyl halides is 3. The number of hydrogen-bond acceptors (Lipinski definition) is 3. The van der Waals surface area contributed by atoms with E-state index in [1.54, 1.807) is 0 Å². The second-order valence-electron chi connectivity index (χ2n) is 3.90. The molecule has 0 aliphatic heterocycles. The quantitative estimate of drug-likeness (QED) is 0.460. The number of nitrogens with one attached hydrogen (secondary N) is 2. The Morgan fingerprint density at radius 1 is 1.42 bits per heavy atom. The van der Waals surface area contributed by atoms with E-state index >= 15 is 0 Å². The molecule has 8 heteroatoms. The number of nitrogens with zero attached hydrogens (tertiary/aromatic N) is 1. The molecular weight excluding hydrogens is 277 g/mol. The molecule has 0 aliphatic rings. The van der Waals surface area contributed by atoms with Crippen molar-refractivity contribution in [3.63, 3.8) is 0 Å². The van der Waals surface area contributed by atoms with Crippen LogP contribution >= 0.6 is 11.8 Å². The van der Waals surface area contributed by atoms with Crippen LogP contribution < -0.4 is 5.73 Å². The van der Waals surface area contributed by atoms with Gasteiger partial charge in [0, 0.05) is 12.2 Å². The fourth-order valence-electron chi connectivity index (χ4n) is 1.49. The minimum atomic E-state index is -4.36. The van der Waals surface area contributed by atoms with Crippen LogP contribution in [0, 0.1) is 5.41 Å². The zero-order valence-electron chi connectivity index (χ0n) is 9.71. The van der Waals surface area contributed by atoms with Gasteiger partial charge in [0.05, 0.1) is 22.4 Å². The summed E-state index contributed by atoms with van der Waals surface area (Å²) in [7, 11) is 0. The van der Waals surface area contributed by atoms with E-state index in [9.17, 15) is 13.2 Å². The maximum Gasteiger partial charge on any atom is 0.416 e. The molecule has 102 valence electrons. The summed E-state index contributed by atoms with van der Waals surface area (Å²) >= 11 is 1.32. The summed E-state index contributed by atoms with van der Waals surface area (Å²) in [6, 6.07) is 3.38. The topological polar surface area (TPSA) is 78.6 Å². The number of fused-ring (bicyclic) bond motifs is 1. The Bertz CT molecular complexity index is 605.